The van der Waals surface area contributed by atoms with E-state index < -0.39 is 31.1 Å². The highest BCUT2D eigenvalue weighted by atomic mass is 32.2. The van der Waals surface area contributed by atoms with E-state index in [9.17, 15) is 21.6 Å². The van der Waals surface area contributed by atoms with Gasteiger partial charge in [-0.2, -0.15) is 0 Å². The molecule has 9 heteroatoms. The Labute approximate surface area is 113 Å². The van der Waals surface area contributed by atoms with Crippen molar-refractivity contribution in [3.05, 3.63) is 0 Å². The molecule has 0 aliphatic carbocycles. The van der Waals surface area contributed by atoms with Gasteiger partial charge in [0.05, 0.1) is 12.0 Å². The van der Waals surface area contributed by atoms with Crippen LogP contribution in [0.25, 0.3) is 0 Å². The maximum atomic E-state index is 11.8. The molecule has 0 bridgehead atoms. The van der Waals surface area contributed by atoms with Crippen LogP contribution in [0, 0.1) is 5.92 Å². The molecule has 0 radical (unpaired) electrons. The first-order valence-corrected chi connectivity index (χ1v) is 9.50. The molecule has 0 saturated carbocycles. The van der Waals surface area contributed by atoms with Crippen molar-refractivity contribution < 1.29 is 26.7 Å². The predicted octanol–water partition coefficient (Wildman–Crippen LogP) is -0.454. The minimum absolute atomic E-state index is 0.143. The summed E-state index contributed by atoms with van der Waals surface area (Å²) in [5.41, 5.74) is 0. The quantitative estimate of drug-likeness (QED) is 0.736. The van der Waals surface area contributed by atoms with Crippen molar-refractivity contribution >= 4 is 25.8 Å². The fourth-order valence-corrected chi connectivity index (χ4v) is 4.56. The third-order valence-electron chi connectivity index (χ3n) is 3.31. The van der Waals surface area contributed by atoms with E-state index in [0.29, 0.717) is 19.4 Å². The fraction of sp³-hybridized carbons (Fsp3) is 0.900. The SMILES string of the molecule is CC(C(=O)O)S(=O)(=O)CC1CCCN(S(C)(=O)=O)C1. The molecule has 0 aromatic heterocycles. The number of hydrogen-bond acceptors (Lipinski definition) is 5. The van der Waals surface area contributed by atoms with Gasteiger partial charge in [-0.25, -0.2) is 21.1 Å². The third-order valence-corrected chi connectivity index (χ3v) is 6.79. The number of carbonyl (C=O) groups is 1. The van der Waals surface area contributed by atoms with Gasteiger partial charge in [-0.1, -0.05) is 0 Å². The van der Waals surface area contributed by atoms with Crippen LogP contribution in [-0.2, 0) is 24.7 Å². The van der Waals surface area contributed by atoms with Crippen LogP contribution < -0.4 is 0 Å². The Morgan fingerprint density at radius 1 is 1.37 bits per heavy atom. The van der Waals surface area contributed by atoms with Crippen LogP contribution in [0.1, 0.15) is 19.8 Å². The Bertz CT molecular complexity index is 538. The molecule has 2 atom stereocenters. The number of sulfonamides is 1. The average Bonchev–Trinajstić information content (AvgIpc) is 2.26. The lowest BCUT2D eigenvalue weighted by molar-refractivity contribution is -0.136. The normalized spacial score (nSPS) is 24.0. The van der Waals surface area contributed by atoms with Crippen LogP contribution in [0.4, 0.5) is 0 Å². The molecular formula is C10H19NO6S2. The zero-order chi connectivity index (χ0) is 14.8. The highest BCUT2D eigenvalue weighted by molar-refractivity contribution is 7.92. The molecule has 1 rings (SSSR count). The summed E-state index contributed by atoms with van der Waals surface area (Å²) in [5, 5.41) is 7.29. The second kappa shape index (κ2) is 5.76. The van der Waals surface area contributed by atoms with E-state index in [1.54, 1.807) is 0 Å². The molecule has 0 amide bonds. The van der Waals surface area contributed by atoms with E-state index >= 15 is 0 Å². The fourth-order valence-electron chi connectivity index (χ4n) is 2.09. The number of carboxylic acids is 1. The van der Waals surface area contributed by atoms with Crippen molar-refractivity contribution in [2.75, 3.05) is 25.1 Å². The number of piperidine rings is 1. The smallest absolute Gasteiger partial charge is 0.321 e. The largest absolute Gasteiger partial charge is 0.480 e. The minimum Gasteiger partial charge on any atom is -0.480 e. The van der Waals surface area contributed by atoms with E-state index in [0.717, 1.165) is 13.2 Å². The zero-order valence-electron chi connectivity index (χ0n) is 10.9. The maximum Gasteiger partial charge on any atom is 0.321 e. The number of rotatable bonds is 5. The molecule has 1 aliphatic rings. The van der Waals surface area contributed by atoms with Crippen molar-refractivity contribution in [1.29, 1.82) is 0 Å². The molecule has 0 aromatic carbocycles. The van der Waals surface area contributed by atoms with E-state index in [-0.39, 0.29) is 18.2 Å². The van der Waals surface area contributed by atoms with Crippen molar-refractivity contribution in [2.45, 2.75) is 25.0 Å². The molecule has 7 nitrogen and oxygen atoms in total. The van der Waals surface area contributed by atoms with Crippen molar-refractivity contribution in [2.24, 2.45) is 5.92 Å². The summed E-state index contributed by atoms with van der Waals surface area (Å²) in [4.78, 5) is 10.7. The van der Waals surface area contributed by atoms with Gasteiger partial charge in [-0.05, 0) is 25.7 Å². The van der Waals surface area contributed by atoms with Crippen LogP contribution in [0.3, 0.4) is 0 Å². The molecule has 1 heterocycles. The summed E-state index contributed by atoms with van der Waals surface area (Å²) in [6.45, 7) is 1.67. The molecule has 112 valence electrons. The number of nitrogens with zero attached hydrogens (tertiary/aromatic N) is 1. The third kappa shape index (κ3) is 4.43. The molecular weight excluding hydrogens is 294 g/mol. The Balaban J connectivity index is 2.75. The zero-order valence-corrected chi connectivity index (χ0v) is 12.6. The maximum absolute atomic E-state index is 11.8. The Morgan fingerprint density at radius 3 is 2.42 bits per heavy atom. The summed E-state index contributed by atoms with van der Waals surface area (Å²) in [6.07, 6.45) is 2.27. The molecule has 1 N–H and O–H groups in total. The van der Waals surface area contributed by atoms with Crippen molar-refractivity contribution in [1.82, 2.24) is 4.31 Å². The second-order valence-corrected chi connectivity index (χ2v) is 9.29. The van der Waals surface area contributed by atoms with Gasteiger partial charge in [-0.3, -0.25) is 4.79 Å². The lowest BCUT2D eigenvalue weighted by Gasteiger charge is -2.31. The van der Waals surface area contributed by atoms with Gasteiger partial charge in [0.2, 0.25) is 10.0 Å². The lowest BCUT2D eigenvalue weighted by atomic mass is 10.0. The van der Waals surface area contributed by atoms with Crippen LogP contribution >= 0.6 is 0 Å². The molecule has 19 heavy (non-hydrogen) atoms. The van der Waals surface area contributed by atoms with Gasteiger partial charge < -0.3 is 5.11 Å². The molecule has 1 saturated heterocycles. The topological polar surface area (TPSA) is 109 Å². The number of sulfone groups is 1. The Kier molecular flexibility index (Phi) is 4.97. The van der Waals surface area contributed by atoms with Crippen molar-refractivity contribution in [3.63, 3.8) is 0 Å². The first-order valence-electron chi connectivity index (χ1n) is 5.93. The lowest BCUT2D eigenvalue weighted by Crippen LogP contribution is -2.42. The van der Waals surface area contributed by atoms with Gasteiger partial charge in [0.25, 0.3) is 0 Å². The van der Waals surface area contributed by atoms with E-state index in [1.807, 2.05) is 0 Å². The molecule has 2 unspecified atom stereocenters. The molecule has 0 aromatic rings. The van der Waals surface area contributed by atoms with Gasteiger partial charge in [0.1, 0.15) is 0 Å². The Hall–Kier alpha value is -0.670. The predicted molar refractivity (Wildman–Crippen MR) is 70.0 cm³/mol. The van der Waals surface area contributed by atoms with E-state index in [2.05, 4.69) is 0 Å². The van der Waals surface area contributed by atoms with Gasteiger partial charge in [0, 0.05) is 13.1 Å². The highest BCUT2D eigenvalue weighted by Gasteiger charge is 2.33. The standard InChI is InChI=1S/C10H19NO6S2/c1-8(10(12)13)19(16,17)7-9-4-3-5-11(6-9)18(2,14)15/h8-9H,3-7H2,1-2H3,(H,12,13). The summed E-state index contributed by atoms with van der Waals surface area (Å²) < 4.78 is 47.8. The molecule has 1 aliphatic heterocycles. The first-order chi connectivity index (χ1) is 8.54. The first kappa shape index (κ1) is 16.4. The second-order valence-electron chi connectivity index (χ2n) is 4.94. The van der Waals surface area contributed by atoms with Crippen LogP contribution in [0.2, 0.25) is 0 Å². The summed E-state index contributed by atoms with van der Waals surface area (Å²) >= 11 is 0. The molecule has 0 spiro atoms. The molecule has 1 fully saturated rings. The number of carboxylic acid groups (broad SMARTS) is 1. The average molecular weight is 313 g/mol. The minimum atomic E-state index is -3.75. The summed E-state index contributed by atoms with van der Waals surface area (Å²) in [6, 6.07) is 0. The van der Waals surface area contributed by atoms with E-state index in [1.165, 1.54) is 4.31 Å². The van der Waals surface area contributed by atoms with Crippen LogP contribution in [-0.4, -0.2) is 62.6 Å². The van der Waals surface area contributed by atoms with Gasteiger partial charge in [-0.15, -0.1) is 0 Å². The van der Waals surface area contributed by atoms with Crippen LogP contribution in [0.5, 0.6) is 0 Å². The number of hydrogen-bond donors (Lipinski definition) is 1. The highest BCUT2D eigenvalue weighted by Crippen LogP contribution is 2.21. The Morgan fingerprint density at radius 2 is 1.95 bits per heavy atom. The van der Waals surface area contributed by atoms with Crippen molar-refractivity contribution in [3.8, 4) is 0 Å². The summed E-state index contributed by atoms with van der Waals surface area (Å²) in [5.74, 6) is -2.00. The van der Waals surface area contributed by atoms with E-state index in [4.69, 9.17) is 5.11 Å². The van der Waals surface area contributed by atoms with Crippen LogP contribution in [0.15, 0.2) is 0 Å². The summed E-state index contributed by atoms with van der Waals surface area (Å²) in [7, 11) is -7.08. The van der Waals surface area contributed by atoms with Gasteiger partial charge >= 0.3 is 5.97 Å². The van der Waals surface area contributed by atoms with Gasteiger partial charge in [0.15, 0.2) is 15.1 Å². The number of aliphatic carboxylic acids is 1. The monoisotopic (exact) mass is 313 g/mol.